The summed E-state index contributed by atoms with van der Waals surface area (Å²) in [5, 5.41) is 6.66. The molecular formula is C21H18ClN3O3. The number of benzene rings is 2. The number of anilines is 1. The summed E-state index contributed by atoms with van der Waals surface area (Å²) >= 11 is 6.23. The number of carbonyl (C=O) groups is 3. The Labute approximate surface area is 166 Å². The first-order chi connectivity index (χ1) is 13.4. The molecule has 0 saturated carbocycles. The zero-order valence-corrected chi connectivity index (χ0v) is 15.9. The molecule has 5 rings (SSSR count). The lowest BCUT2D eigenvalue weighted by atomic mass is 9.76. The van der Waals surface area contributed by atoms with Crippen molar-refractivity contribution in [2.45, 2.75) is 25.0 Å². The second-order valence-electron chi connectivity index (χ2n) is 7.60. The molecule has 0 radical (unpaired) electrons. The molecule has 3 aliphatic heterocycles. The van der Waals surface area contributed by atoms with Crippen LogP contribution >= 0.6 is 11.6 Å². The number of nitrogens with one attached hydrogen (secondary N) is 2. The summed E-state index contributed by atoms with van der Waals surface area (Å²) in [6, 6.07) is 14.2. The fourth-order valence-corrected chi connectivity index (χ4v) is 5.13. The van der Waals surface area contributed by atoms with Crippen LogP contribution in [0.5, 0.6) is 0 Å². The molecule has 0 bridgehead atoms. The summed E-state index contributed by atoms with van der Waals surface area (Å²) in [6.45, 7) is 1.96. The van der Waals surface area contributed by atoms with Gasteiger partial charge in [-0.25, -0.2) is 0 Å². The van der Waals surface area contributed by atoms with E-state index in [0.717, 1.165) is 5.56 Å². The van der Waals surface area contributed by atoms with Crippen molar-refractivity contribution >= 4 is 35.0 Å². The molecule has 0 unspecified atom stereocenters. The Hall–Kier alpha value is -2.70. The molecule has 2 saturated heterocycles. The Morgan fingerprint density at radius 3 is 2.54 bits per heavy atom. The van der Waals surface area contributed by atoms with Crippen LogP contribution in [0.25, 0.3) is 0 Å². The minimum absolute atomic E-state index is 0.108. The van der Waals surface area contributed by atoms with Gasteiger partial charge in [-0.3, -0.25) is 24.6 Å². The maximum absolute atomic E-state index is 13.4. The number of imide groups is 1. The van der Waals surface area contributed by atoms with Gasteiger partial charge in [0.25, 0.3) is 0 Å². The predicted molar refractivity (Wildman–Crippen MR) is 103 cm³/mol. The standard InChI is InChI=1S/C21H18ClN3O3/c1-11-16-17(21(24-11)13-7-3-5-9-15(13)23-20(21)28)19(27)25(18(16)26)10-12-6-2-4-8-14(12)22/h2-9,11,16-17,24H,10H2,1H3,(H,23,28)/t11-,16-,17-,21-/m0/s1. The quantitative estimate of drug-likeness (QED) is 0.765. The molecule has 7 heteroatoms. The van der Waals surface area contributed by atoms with Gasteiger partial charge < -0.3 is 5.32 Å². The van der Waals surface area contributed by atoms with Gasteiger partial charge in [-0.05, 0) is 24.6 Å². The third-order valence-electron chi connectivity index (χ3n) is 6.15. The van der Waals surface area contributed by atoms with Crippen LogP contribution in [0.1, 0.15) is 18.1 Å². The largest absolute Gasteiger partial charge is 0.324 e. The molecule has 0 aliphatic carbocycles. The Kier molecular flexibility index (Phi) is 3.66. The molecule has 3 heterocycles. The minimum atomic E-state index is -1.22. The second kappa shape index (κ2) is 5.90. The number of halogens is 1. The average Bonchev–Trinajstić information content (AvgIpc) is 3.23. The highest BCUT2D eigenvalue weighted by molar-refractivity contribution is 6.31. The molecule has 0 aromatic heterocycles. The first kappa shape index (κ1) is 17.4. The Bertz CT molecular complexity index is 1040. The van der Waals surface area contributed by atoms with Crippen LogP contribution in [-0.4, -0.2) is 28.7 Å². The summed E-state index contributed by atoms with van der Waals surface area (Å²) in [4.78, 5) is 40.9. The Morgan fingerprint density at radius 2 is 1.75 bits per heavy atom. The number of para-hydroxylation sites is 1. The van der Waals surface area contributed by atoms with Gasteiger partial charge in [-0.2, -0.15) is 0 Å². The van der Waals surface area contributed by atoms with Gasteiger partial charge in [-0.1, -0.05) is 48.0 Å². The lowest BCUT2D eigenvalue weighted by Gasteiger charge is -2.29. The molecule has 2 fully saturated rings. The van der Waals surface area contributed by atoms with Crippen LogP contribution in [-0.2, 0) is 26.5 Å². The van der Waals surface area contributed by atoms with E-state index in [1.807, 2.05) is 37.3 Å². The van der Waals surface area contributed by atoms with E-state index >= 15 is 0 Å². The van der Waals surface area contributed by atoms with Gasteiger partial charge >= 0.3 is 0 Å². The number of amides is 3. The number of nitrogens with zero attached hydrogens (tertiary/aromatic N) is 1. The van der Waals surface area contributed by atoms with E-state index < -0.39 is 17.4 Å². The monoisotopic (exact) mass is 395 g/mol. The molecule has 6 nitrogen and oxygen atoms in total. The number of hydrogen-bond acceptors (Lipinski definition) is 4. The SMILES string of the molecule is C[C@@H]1N[C@]2(C(=O)Nc3ccccc32)[C@@H]2C(=O)N(Cc3ccccc3Cl)C(=O)[C@@H]12. The van der Waals surface area contributed by atoms with Crippen molar-refractivity contribution in [2.75, 3.05) is 5.32 Å². The molecule has 4 atom stereocenters. The maximum atomic E-state index is 13.4. The molecule has 28 heavy (non-hydrogen) atoms. The zero-order chi connectivity index (χ0) is 19.6. The lowest BCUT2D eigenvalue weighted by molar-refractivity contribution is -0.143. The van der Waals surface area contributed by atoms with Crippen molar-refractivity contribution in [3.8, 4) is 0 Å². The van der Waals surface area contributed by atoms with E-state index in [1.54, 1.807) is 18.2 Å². The smallest absolute Gasteiger partial charge is 0.250 e. The summed E-state index contributed by atoms with van der Waals surface area (Å²) in [5.74, 6) is -2.25. The molecule has 2 aromatic carbocycles. The fourth-order valence-electron chi connectivity index (χ4n) is 4.93. The van der Waals surface area contributed by atoms with E-state index in [2.05, 4.69) is 10.6 Å². The highest BCUT2D eigenvalue weighted by Crippen LogP contribution is 2.52. The summed E-state index contributed by atoms with van der Waals surface area (Å²) in [5.41, 5.74) is 0.886. The van der Waals surface area contributed by atoms with Gasteiger partial charge in [0, 0.05) is 22.3 Å². The summed E-state index contributed by atoms with van der Waals surface area (Å²) in [6.07, 6.45) is 0. The van der Waals surface area contributed by atoms with Crippen molar-refractivity contribution in [3.63, 3.8) is 0 Å². The van der Waals surface area contributed by atoms with Crippen molar-refractivity contribution in [3.05, 3.63) is 64.7 Å². The van der Waals surface area contributed by atoms with E-state index in [4.69, 9.17) is 11.6 Å². The summed E-state index contributed by atoms with van der Waals surface area (Å²) < 4.78 is 0. The highest BCUT2D eigenvalue weighted by atomic mass is 35.5. The van der Waals surface area contributed by atoms with E-state index in [-0.39, 0.29) is 30.3 Å². The number of carbonyl (C=O) groups excluding carboxylic acids is 3. The van der Waals surface area contributed by atoms with Gasteiger partial charge in [0.1, 0.15) is 5.54 Å². The van der Waals surface area contributed by atoms with Gasteiger partial charge in [0.2, 0.25) is 17.7 Å². The lowest BCUT2D eigenvalue weighted by Crippen LogP contribution is -2.52. The van der Waals surface area contributed by atoms with Crippen molar-refractivity contribution in [1.82, 2.24) is 10.2 Å². The molecule has 1 spiro atoms. The number of likely N-dealkylation sites (tertiary alicyclic amines) is 1. The second-order valence-corrected chi connectivity index (χ2v) is 8.01. The fraction of sp³-hybridized carbons (Fsp3) is 0.286. The van der Waals surface area contributed by atoms with Crippen LogP contribution in [0.2, 0.25) is 5.02 Å². The van der Waals surface area contributed by atoms with Crippen LogP contribution in [0.4, 0.5) is 5.69 Å². The molecule has 3 aliphatic rings. The third kappa shape index (κ3) is 2.10. The Balaban J connectivity index is 1.58. The van der Waals surface area contributed by atoms with Gasteiger partial charge in [-0.15, -0.1) is 0 Å². The van der Waals surface area contributed by atoms with Gasteiger partial charge in [0.05, 0.1) is 18.4 Å². The summed E-state index contributed by atoms with van der Waals surface area (Å²) in [7, 11) is 0. The highest BCUT2D eigenvalue weighted by Gasteiger charge is 2.69. The molecule has 3 amide bonds. The third-order valence-corrected chi connectivity index (χ3v) is 6.52. The van der Waals surface area contributed by atoms with Crippen LogP contribution in [0, 0.1) is 11.8 Å². The van der Waals surface area contributed by atoms with Crippen LogP contribution < -0.4 is 10.6 Å². The molecule has 2 N–H and O–H groups in total. The normalized spacial score (nSPS) is 30.7. The van der Waals surface area contributed by atoms with E-state index in [1.165, 1.54) is 4.90 Å². The van der Waals surface area contributed by atoms with Crippen LogP contribution in [0.15, 0.2) is 48.5 Å². The van der Waals surface area contributed by atoms with Crippen molar-refractivity contribution in [1.29, 1.82) is 0 Å². The maximum Gasteiger partial charge on any atom is 0.250 e. The number of hydrogen-bond donors (Lipinski definition) is 2. The molecule has 142 valence electrons. The van der Waals surface area contributed by atoms with E-state index in [0.29, 0.717) is 16.3 Å². The van der Waals surface area contributed by atoms with Gasteiger partial charge in [0.15, 0.2) is 0 Å². The van der Waals surface area contributed by atoms with Crippen molar-refractivity contribution in [2.24, 2.45) is 11.8 Å². The van der Waals surface area contributed by atoms with Crippen LogP contribution in [0.3, 0.4) is 0 Å². The van der Waals surface area contributed by atoms with Crippen molar-refractivity contribution < 1.29 is 14.4 Å². The number of rotatable bonds is 2. The first-order valence-electron chi connectivity index (χ1n) is 9.22. The molecule has 2 aromatic rings. The zero-order valence-electron chi connectivity index (χ0n) is 15.1. The Morgan fingerprint density at radius 1 is 1.04 bits per heavy atom. The average molecular weight is 396 g/mol. The molecular weight excluding hydrogens is 378 g/mol. The topological polar surface area (TPSA) is 78.5 Å². The van der Waals surface area contributed by atoms with E-state index in [9.17, 15) is 14.4 Å². The first-order valence-corrected chi connectivity index (χ1v) is 9.60. The number of fused-ring (bicyclic) bond motifs is 4. The minimum Gasteiger partial charge on any atom is -0.324 e. The predicted octanol–water partition coefficient (Wildman–Crippen LogP) is 2.28.